The van der Waals surface area contributed by atoms with Gasteiger partial charge in [-0.15, -0.1) is 0 Å². The van der Waals surface area contributed by atoms with Crippen LogP contribution < -0.4 is 0 Å². The minimum atomic E-state index is -0.422. The van der Waals surface area contributed by atoms with Gasteiger partial charge in [-0.05, 0) is 60.7 Å². The average molecular weight is 298 g/mol. The molecule has 0 aliphatic heterocycles. The summed E-state index contributed by atoms with van der Waals surface area (Å²) < 4.78 is 18.8. The summed E-state index contributed by atoms with van der Waals surface area (Å²) in [6, 6.07) is 10.7. The molecule has 0 bridgehead atoms. The van der Waals surface area contributed by atoms with E-state index in [2.05, 4.69) is 4.74 Å². The molecule has 0 radical (unpaired) electrons. The molecule has 114 valence electrons. The second-order valence-corrected chi connectivity index (χ2v) is 5.34. The number of halogens is 1. The summed E-state index contributed by atoms with van der Waals surface area (Å²) >= 11 is 0. The lowest BCUT2D eigenvalue weighted by molar-refractivity contribution is -0.134. The molecule has 0 unspecified atom stereocenters. The molecule has 0 spiro atoms. The van der Waals surface area contributed by atoms with Crippen LogP contribution in [0.25, 0.3) is 16.7 Å². The fraction of sp³-hybridized carbons (Fsp3) is 0.211. The highest BCUT2D eigenvalue weighted by Gasteiger charge is 2.09. The average Bonchev–Trinajstić information content (AvgIpc) is 2.50. The van der Waals surface area contributed by atoms with Crippen LogP contribution in [0.4, 0.5) is 4.39 Å². The zero-order chi connectivity index (χ0) is 16.3. The Morgan fingerprint density at radius 3 is 2.45 bits per heavy atom. The Hall–Kier alpha value is -2.42. The minimum absolute atomic E-state index is 0.280. The molecule has 22 heavy (non-hydrogen) atoms. The topological polar surface area (TPSA) is 26.3 Å². The first-order valence-electron chi connectivity index (χ1n) is 7.06. The van der Waals surface area contributed by atoms with Crippen LogP contribution in [0.2, 0.25) is 0 Å². The van der Waals surface area contributed by atoms with Crippen molar-refractivity contribution in [1.29, 1.82) is 0 Å². The molecule has 0 heterocycles. The summed E-state index contributed by atoms with van der Waals surface area (Å²) in [6.07, 6.45) is 1.40. The predicted octanol–water partition coefficient (Wildman–Crippen LogP) is 4.69. The van der Waals surface area contributed by atoms with E-state index in [9.17, 15) is 9.18 Å². The largest absolute Gasteiger partial charge is 0.466 e. The highest BCUT2D eigenvalue weighted by molar-refractivity contribution is 5.91. The van der Waals surface area contributed by atoms with Gasteiger partial charge >= 0.3 is 5.97 Å². The molecule has 3 heteroatoms. The lowest BCUT2D eigenvalue weighted by atomic mass is 9.96. The molecule has 0 aromatic heterocycles. The molecule has 2 aromatic carbocycles. The Kier molecular flexibility index (Phi) is 4.76. The van der Waals surface area contributed by atoms with Crippen molar-refractivity contribution < 1.29 is 13.9 Å². The van der Waals surface area contributed by atoms with E-state index < -0.39 is 5.97 Å². The first-order valence-corrected chi connectivity index (χ1v) is 7.06. The summed E-state index contributed by atoms with van der Waals surface area (Å²) in [4.78, 5) is 11.3. The number of benzene rings is 2. The summed E-state index contributed by atoms with van der Waals surface area (Å²) in [5.74, 6) is -0.701. The number of allylic oxidation sites excluding steroid dienone is 1. The van der Waals surface area contributed by atoms with Gasteiger partial charge in [-0.1, -0.05) is 24.3 Å². The zero-order valence-corrected chi connectivity index (χ0v) is 13.2. The van der Waals surface area contributed by atoms with Crippen molar-refractivity contribution in [2.24, 2.45) is 0 Å². The van der Waals surface area contributed by atoms with E-state index in [0.29, 0.717) is 5.56 Å². The van der Waals surface area contributed by atoms with Crippen LogP contribution in [0.5, 0.6) is 0 Å². The molecule has 0 saturated carbocycles. The molecular weight excluding hydrogens is 279 g/mol. The van der Waals surface area contributed by atoms with Gasteiger partial charge in [0.2, 0.25) is 0 Å². The van der Waals surface area contributed by atoms with Gasteiger partial charge in [0, 0.05) is 11.6 Å². The molecule has 0 aliphatic rings. The van der Waals surface area contributed by atoms with E-state index >= 15 is 0 Å². The Bertz CT molecular complexity index is 745. The van der Waals surface area contributed by atoms with Gasteiger partial charge in [-0.3, -0.25) is 0 Å². The van der Waals surface area contributed by atoms with E-state index in [4.69, 9.17) is 0 Å². The normalized spacial score (nSPS) is 11.4. The van der Waals surface area contributed by atoms with Gasteiger partial charge in [0.15, 0.2) is 0 Å². The van der Waals surface area contributed by atoms with Crippen molar-refractivity contribution in [3.63, 3.8) is 0 Å². The van der Waals surface area contributed by atoms with Crippen molar-refractivity contribution in [3.05, 3.63) is 65.0 Å². The van der Waals surface area contributed by atoms with Gasteiger partial charge < -0.3 is 4.74 Å². The third-order valence-electron chi connectivity index (χ3n) is 3.78. The third-order valence-corrected chi connectivity index (χ3v) is 3.78. The molecule has 2 nitrogen and oxygen atoms in total. The second kappa shape index (κ2) is 6.56. The van der Waals surface area contributed by atoms with Crippen LogP contribution in [0.3, 0.4) is 0 Å². The molecule has 0 N–H and O–H groups in total. The van der Waals surface area contributed by atoms with Crippen LogP contribution in [0.15, 0.2) is 42.5 Å². The Balaban J connectivity index is 2.49. The van der Waals surface area contributed by atoms with Gasteiger partial charge in [0.25, 0.3) is 0 Å². The summed E-state index contributed by atoms with van der Waals surface area (Å²) in [7, 11) is 1.33. The van der Waals surface area contributed by atoms with Crippen LogP contribution in [-0.4, -0.2) is 13.1 Å². The molecular formula is C19H19FO2. The van der Waals surface area contributed by atoms with E-state index in [0.717, 1.165) is 22.3 Å². The number of aryl methyl sites for hydroxylation is 2. The SMILES string of the molecule is COC(=O)/C=C(\C)c1ccc(F)c(-c2ccc(C)c(C)c2)c1. The maximum Gasteiger partial charge on any atom is 0.330 e. The van der Waals surface area contributed by atoms with Crippen LogP contribution in [0, 0.1) is 19.7 Å². The first kappa shape index (κ1) is 16.0. The first-order chi connectivity index (χ1) is 10.4. The smallest absolute Gasteiger partial charge is 0.330 e. The molecule has 2 rings (SSSR count). The fourth-order valence-corrected chi connectivity index (χ4v) is 2.22. The standard InChI is InChI=1S/C19H19FO2/c1-12-5-6-16(9-13(12)2)17-11-15(7-8-18(17)20)14(3)10-19(21)22-4/h5-11H,1-4H3/b14-10+. The van der Waals surface area contributed by atoms with Crippen molar-refractivity contribution in [1.82, 2.24) is 0 Å². The lowest BCUT2D eigenvalue weighted by Crippen LogP contribution is -1.96. The number of carbonyl (C=O) groups is 1. The Morgan fingerprint density at radius 1 is 1.09 bits per heavy atom. The maximum absolute atomic E-state index is 14.2. The summed E-state index contributed by atoms with van der Waals surface area (Å²) in [5.41, 5.74) is 5.16. The second-order valence-electron chi connectivity index (χ2n) is 5.34. The summed E-state index contributed by atoms with van der Waals surface area (Å²) in [6.45, 7) is 5.83. The molecule has 0 aliphatic carbocycles. The maximum atomic E-state index is 14.2. The minimum Gasteiger partial charge on any atom is -0.466 e. The van der Waals surface area contributed by atoms with Crippen molar-refractivity contribution in [2.75, 3.05) is 7.11 Å². The third kappa shape index (κ3) is 3.42. The van der Waals surface area contributed by atoms with Crippen LogP contribution in [-0.2, 0) is 9.53 Å². The molecule has 0 amide bonds. The number of hydrogen-bond donors (Lipinski definition) is 0. The lowest BCUT2D eigenvalue weighted by Gasteiger charge is -2.09. The van der Waals surface area contributed by atoms with Crippen molar-refractivity contribution in [2.45, 2.75) is 20.8 Å². The van der Waals surface area contributed by atoms with E-state index in [-0.39, 0.29) is 5.82 Å². The molecule has 0 fully saturated rings. The van der Waals surface area contributed by atoms with Crippen LogP contribution in [0.1, 0.15) is 23.6 Å². The van der Waals surface area contributed by atoms with Crippen molar-refractivity contribution in [3.8, 4) is 11.1 Å². The highest BCUT2D eigenvalue weighted by atomic mass is 19.1. The highest BCUT2D eigenvalue weighted by Crippen LogP contribution is 2.28. The molecule has 2 aromatic rings. The predicted molar refractivity (Wildman–Crippen MR) is 87.0 cm³/mol. The number of methoxy groups -OCH3 is 1. The van der Waals surface area contributed by atoms with E-state index in [1.54, 1.807) is 19.1 Å². The van der Waals surface area contributed by atoms with Gasteiger partial charge in [-0.2, -0.15) is 0 Å². The van der Waals surface area contributed by atoms with E-state index in [1.807, 2.05) is 32.0 Å². The number of rotatable bonds is 3. The number of carbonyl (C=O) groups excluding carboxylic acids is 1. The van der Waals surface area contributed by atoms with Gasteiger partial charge in [-0.25, -0.2) is 9.18 Å². The molecule has 0 saturated heterocycles. The van der Waals surface area contributed by atoms with Gasteiger partial charge in [0.1, 0.15) is 5.82 Å². The molecule has 0 atom stereocenters. The van der Waals surface area contributed by atoms with Gasteiger partial charge in [0.05, 0.1) is 7.11 Å². The van der Waals surface area contributed by atoms with Crippen molar-refractivity contribution >= 4 is 11.5 Å². The summed E-state index contributed by atoms with van der Waals surface area (Å²) in [5, 5.41) is 0. The number of ether oxygens (including phenoxy) is 1. The van der Waals surface area contributed by atoms with Crippen LogP contribution >= 0.6 is 0 Å². The number of esters is 1. The quantitative estimate of drug-likeness (QED) is 0.607. The Morgan fingerprint density at radius 2 is 1.82 bits per heavy atom. The monoisotopic (exact) mass is 298 g/mol. The zero-order valence-electron chi connectivity index (χ0n) is 13.2. The van der Waals surface area contributed by atoms with E-state index in [1.165, 1.54) is 24.8 Å². The number of hydrogen-bond acceptors (Lipinski definition) is 2. The fourth-order valence-electron chi connectivity index (χ4n) is 2.22. The Labute approximate surface area is 130 Å².